The summed E-state index contributed by atoms with van der Waals surface area (Å²) in [6.07, 6.45) is 0. The fourth-order valence-electron chi connectivity index (χ4n) is 6.62. The Balaban J connectivity index is 1.20. The van der Waals surface area contributed by atoms with Gasteiger partial charge in [-0.15, -0.1) is 0 Å². The molecule has 0 aliphatic carbocycles. The topological polar surface area (TPSA) is 16.4 Å². The third kappa shape index (κ3) is 4.04. The van der Waals surface area contributed by atoms with Gasteiger partial charge in [0.15, 0.2) is 0 Å². The van der Waals surface area contributed by atoms with Crippen LogP contribution < -0.4 is 4.90 Å². The maximum absolute atomic E-state index is 6.48. The molecule has 1 heterocycles. The number of furan rings is 1. The monoisotopic (exact) mass is 561 g/mol. The number of rotatable bonds is 4. The van der Waals surface area contributed by atoms with Crippen LogP contribution in [0.3, 0.4) is 0 Å². The third-order valence-electron chi connectivity index (χ3n) is 8.80. The lowest BCUT2D eigenvalue weighted by Crippen LogP contribution is -2.09. The first kappa shape index (κ1) is 24.7. The average molecular weight is 562 g/mol. The molecule has 8 aromatic carbocycles. The first-order chi connectivity index (χ1) is 21.8. The zero-order valence-electron chi connectivity index (χ0n) is 23.9. The van der Waals surface area contributed by atoms with E-state index in [1.54, 1.807) is 0 Å². The van der Waals surface area contributed by atoms with Gasteiger partial charge in [0.25, 0.3) is 0 Å². The molecule has 1 aromatic heterocycles. The quantitative estimate of drug-likeness (QED) is 0.212. The molecule has 2 heteroatoms. The lowest BCUT2D eigenvalue weighted by Gasteiger charge is -2.26. The van der Waals surface area contributed by atoms with Gasteiger partial charge in [0.1, 0.15) is 11.2 Å². The van der Waals surface area contributed by atoms with Gasteiger partial charge in [-0.1, -0.05) is 109 Å². The van der Waals surface area contributed by atoms with Crippen LogP contribution in [0.2, 0.25) is 0 Å². The average Bonchev–Trinajstić information content (AvgIpc) is 3.44. The van der Waals surface area contributed by atoms with Crippen molar-refractivity contribution in [3.8, 4) is 11.1 Å². The number of anilines is 3. The molecule has 0 spiro atoms. The van der Waals surface area contributed by atoms with E-state index in [0.29, 0.717) is 0 Å². The van der Waals surface area contributed by atoms with Crippen LogP contribution in [0.1, 0.15) is 0 Å². The van der Waals surface area contributed by atoms with Crippen molar-refractivity contribution in [3.05, 3.63) is 164 Å². The highest BCUT2D eigenvalue weighted by atomic mass is 16.3. The van der Waals surface area contributed by atoms with E-state index in [1.165, 1.54) is 43.4 Å². The highest BCUT2D eigenvalue weighted by molar-refractivity contribution is 6.11. The second-order valence-electron chi connectivity index (χ2n) is 11.4. The first-order valence-corrected chi connectivity index (χ1v) is 15.0. The summed E-state index contributed by atoms with van der Waals surface area (Å²) in [5.41, 5.74) is 7.47. The zero-order chi connectivity index (χ0) is 29.0. The fourth-order valence-corrected chi connectivity index (χ4v) is 6.62. The Hall–Kier alpha value is -5.86. The van der Waals surface area contributed by atoms with Crippen LogP contribution in [-0.2, 0) is 0 Å². The number of hydrogen-bond donors (Lipinski definition) is 0. The molecular weight excluding hydrogens is 534 g/mol. The Morgan fingerprint density at radius 1 is 0.341 bits per heavy atom. The normalized spacial score (nSPS) is 11.6. The van der Waals surface area contributed by atoms with E-state index < -0.39 is 0 Å². The summed E-state index contributed by atoms with van der Waals surface area (Å²) in [7, 11) is 0. The van der Waals surface area contributed by atoms with Gasteiger partial charge in [-0.3, -0.25) is 0 Å². The van der Waals surface area contributed by atoms with Gasteiger partial charge in [0, 0.05) is 33.9 Å². The van der Waals surface area contributed by atoms with E-state index in [2.05, 4.69) is 169 Å². The van der Waals surface area contributed by atoms with Crippen molar-refractivity contribution < 1.29 is 4.42 Å². The Morgan fingerprint density at radius 3 is 1.75 bits per heavy atom. The van der Waals surface area contributed by atoms with Crippen molar-refractivity contribution >= 4 is 71.3 Å². The summed E-state index contributed by atoms with van der Waals surface area (Å²) in [4.78, 5) is 2.32. The summed E-state index contributed by atoms with van der Waals surface area (Å²) < 4.78 is 6.48. The standard InChI is InChI=1S/C42H27NO/c1-2-10-31-24-35(21-16-28(31)8-1)43(34-19-17-30(18-20-34)38-15-7-13-29-9-5-6-14-37(29)38)36-22-23-39-40-25-32-11-3-4-12-33(32)26-41(40)44-42(39)27-36/h1-27H. The Labute approximate surface area is 255 Å². The molecule has 206 valence electrons. The second-order valence-corrected chi connectivity index (χ2v) is 11.4. The van der Waals surface area contributed by atoms with Crippen LogP contribution in [0.5, 0.6) is 0 Å². The van der Waals surface area contributed by atoms with Crippen molar-refractivity contribution in [2.24, 2.45) is 0 Å². The van der Waals surface area contributed by atoms with E-state index >= 15 is 0 Å². The molecule has 2 nitrogen and oxygen atoms in total. The van der Waals surface area contributed by atoms with Gasteiger partial charge in [0.2, 0.25) is 0 Å². The number of benzene rings is 8. The summed E-state index contributed by atoms with van der Waals surface area (Å²) >= 11 is 0. The lowest BCUT2D eigenvalue weighted by molar-refractivity contribution is 0.669. The summed E-state index contributed by atoms with van der Waals surface area (Å²) in [5, 5.41) is 9.61. The minimum atomic E-state index is 0.881. The molecule has 0 N–H and O–H groups in total. The molecule has 0 fully saturated rings. The van der Waals surface area contributed by atoms with Crippen LogP contribution >= 0.6 is 0 Å². The van der Waals surface area contributed by atoms with Gasteiger partial charge in [0.05, 0.1) is 0 Å². The highest BCUT2D eigenvalue weighted by Gasteiger charge is 2.17. The van der Waals surface area contributed by atoms with Crippen molar-refractivity contribution in [2.45, 2.75) is 0 Å². The number of fused-ring (bicyclic) bond motifs is 6. The summed E-state index contributed by atoms with van der Waals surface area (Å²) in [5.74, 6) is 0. The van der Waals surface area contributed by atoms with E-state index in [9.17, 15) is 0 Å². The van der Waals surface area contributed by atoms with Crippen molar-refractivity contribution in [3.63, 3.8) is 0 Å². The van der Waals surface area contributed by atoms with E-state index in [0.717, 1.165) is 39.0 Å². The number of hydrogen-bond acceptors (Lipinski definition) is 2. The lowest BCUT2D eigenvalue weighted by atomic mass is 9.98. The third-order valence-corrected chi connectivity index (χ3v) is 8.80. The van der Waals surface area contributed by atoms with Gasteiger partial charge >= 0.3 is 0 Å². The first-order valence-electron chi connectivity index (χ1n) is 15.0. The van der Waals surface area contributed by atoms with Gasteiger partial charge in [-0.2, -0.15) is 0 Å². The minimum Gasteiger partial charge on any atom is -0.456 e. The summed E-state index contributed by atoms with van der Waals surface area (Å²) in [6.45, 7) is 0. The molecule has 0 bridgehead atoms. The number of nitrogens with zero attached hydrogens (tertiary/aromatic N) is 1. The van der Waals surface area contributed by atoms with E-state index in [-0.39, 0.29) is 0 Å². The maximum Gasteiger partial charge on any atom is 0.137 e. The minimum absolute atomic E-state index is 0.881. The molecule has 0 radical (unpaired) electrons. The maximum atomic E-state index is 6.48. The highest BCUT2D eigenvalue weighted by Crippen LogP contribution is 2.41. The van der Waals surface area contributed by atoms with Gasteiger partial charge in [-0.25, -0.2) is 0 Å². The molecule has 0 amide bonds. The van der Waals surface area contributed by atoms with Crippen molar-refractivity contribution in [2.75, 3.05) is 4.90 Å². The van der Waals surface area contributed by atoms with Crippen LogP contribution in [0.4, 0.5) is 17.1 Å². The molecule has 0 aliphatic heterocycles. The van der Waals surface area contributed by atoms with Gasteiger partial charge < -0.3 is 9.32 Å². The van der Waals surface area contributed by atoms with Crippen molar-refractivity contribution in [1.29, 1.82) is 0 Å². The molecule has 0 unspecified atom stereocenters. The van der Waals surface area contributed by atoms with Gasteiger partial charge in [-0.05, 0) is 92.0 Å². The molecule has 9 rings (SSSR count). The van der Waals surface area contributed by atoms with Crippen LogP contribution in [0.15, 0.2) is 168 Å². The second kappa shape index (κ2) is 9.86. The molecule has 0 atom stereocenters. The molecule has 9 aromatic rings. The van der Waals surface area contributed by atoms with Crippen LogP contribution in [-0.4, -0.2) is 0 Å². The molecular formula is C42H27NO. The fraction of sp³-hybridized carbons (Fsp3) is 0. The zero-order valence-corrected chi connectivity index (χ0v) is 23.9. The Bertz CT molecular complexity index is 2500. The molecule has 0 saturated heterocycles. The molecule has 0 aliphatic rings. The molecule has 44 heavy (non-hydrogen) atoms. The van der Waals surface area contributed by atoms with Crippen LogP contribution in [0.25, 0.3) is 65.4 Å². The smallest absolute Gasteiger partial charge is 0.137 e. The Kier molecular flexibility index (Phi) is 5.54. The van der Waals surface area contributed by atoms with Crippen molar-refractivity contribution in [1.82, 2.24) is 0 Å². The van der Waals surface area contributed by atoms with Crippen LogP contribution in [0, 0.1) is 0 Å². The predicted octanol–water partition coefficient (Wildman–Crippen LogP) is 12.2. The predicted molar refractivity (Wildman–Crippen MR) is 186 cm³/mol. The van der Waals surface area contributed by atoms with E-state index in [4.69, 9.17) is 4.42 Å². The Morgan fingerprint density at radius 2 is 0.932 bits per heavy atom. The molecule has 0 saturated carbocycles. The summed E-state index contributed by atoms with van der Waals surface area (Å²) in [6, 6.07) is 58.6. The SMILES string of the molecule is c1ccc2cc(N(c3ccc(-c4cccc5ccccc45)cc3)c3ccc4c(c3)oc3cc5ccccc5cc34)ccc2c1. The van der Waals surface area contributed by atoms with E-state index in [1.807, 2.05) is 0 Å². The largest absolute Gasteiger partial charge is 0.456 e.